The van der Waals surface area contributed by atoms with E-state index in [9.17, 15) is 14.7 Å². The van der Waals surface area contributed by atoms with E-state index >= 15 is 0 Å². The monoisotopic (exact) mass is 345 g/mol. The lowest BCUT2D eigenvalue weighted by atomic mass is 10.1. The van der Waals surface area contributed by atoms with Gasteiger partial charge in [-0.2, -0.15) is 0 Å². The predicted octanol–water partition coefficient (Wildman–Crippen LogP) is 2.47. The van der Waals surface area contributed by atoms with Crippen molar-refractivity contribution in [1.82, 2.24) is 15.6 Å². The van der Waals surface area contributed by atoms with Gasteiger partial charge in [0.25, 0.3) is 0 Å². The van der Waals surface area contributed by atoms with Gasteiger partial charge in [0.15, 0.2) is 0 Å². The van der Waals surface area contributed by atoms with E-state index in [4.69, 9.17) is 4.74 Å². The molecule has 0 bridgehead atoms. The maximum Gasteiger partial charge on any atom is 0.407 e. The standard InChI is InChI=1S/C18H23N3O4/c1-18(2,3)25-17(24)20-10-8-15(23)21-11-12-6-7-14(22)16-13(12)5-4-9-19-16/h4-7,9,22H,8,10-11H2,1-3H3,(H,20,24)(H,21,23). The van der Waals surface area contributed by atoms with Crippen LogP contribution in [-0.4, -0.2) is 34.2 Å². The van der Waals surface area contributed by atoms with Gasteiger partial charge in [0.2, 0.25) is 5.91 Å². The Balaban J connectivity index is 1.83. The van der Waals surface area contributed by atoms with Crippen LogP contribution in [0.15, 0.2) is 30.5 Å². The van der Waals surface area contributed by atoms with Crippen molar-refractivity contribution in [3.8, 4) is 5.75 Å². The first-order valence-corrected chi connectivity index (χ1v) is 8.05. The van der Waals surface area contributed by atoms with Crippen LogP contribution in [0.3, 0.4) is 0 Å². The SMILES string of the molecule is CC(C)(C)OC(=O)NCCC(=O)NCc1ccc(O)c2ncccc12. The van der Waals surface area contributed by atoms with Crippen molar-refractivity contribution in [1.29, 1.82) is 0 Å². The Bertz CT molecular complexity index is 768. The van der Waals surface area contributed by atoms with Crippen molar-refractivity contribution in [3.63, 3.8) is 0 Å². The minimum Gasteiger partial charge on any atom is -0.506 e. The second-order valence-corrected chi connectivity index (χ2v) is 6.60. The smallest absolute Gasteiger partial charge is 0.407 e. The first-order chi connectivity index (χ1) is 11.8. The third kappa shape index (κ3) is 5.63. The van der Waals surface area contributed by atoms with Crippen molar-refractivity contribution in [3.05, 3.63) is 36.0 Å². The number of benzene rings is 1. The maximum absolute atomic E-state index is 11.9. The van der Waals surface area contributed by atoms with E-state index in [0.29, 0.717) is 12.1 Å². The minimum absolute atomic E-state index is 0.104. The zero-order valence-electron chi connectivity index (χ0n) is 14.6. The first kappa shape index (κ1) is 18.5. The molecule has 2 aromatic rings. The molecule has 1 heterocycles. The molecule has 0 atom stereocenters. The summed E-state index contributed by atoms with van der Waals surface area (Å²) in [6, 6.07) is 6.92. The van der Waals surface area contributed by atoms with Crippen LogP contribution < -0.4 is 10.6 Å². The lowest BCUT2D eigenvalue weighted by molar-refractivity contribution is -0.121. The highest BCUT2D eigenvalue weighted by Gasteiger charge is 2.16. The number of pyridine rings is 1. The molecular formula is C18H23N3O4. The molecule has 2 rings (SSSR count). The maximum atomic E-state index is 11.9. The summed E-state index contributed by atoms with van der Waals surface area (Å²) in [5.41, 5.74) is 0.788. The number of rotatable bonds is 5. The van der Waals surface area contributed by atoms with E-state index in [2.05, 4.69) is 15.6 Å². The van der Waals surface area contributed by atoms with Crippen LogP contribution in [0.25, 0.3) is 10.9 Å². The highest BCUT2D eigenvalue weighted by atomic mass is 16.6. The molecule has 3 N–H and O–H groups in total. The quantitative estimate of drug-likeness (QED) is 0.773. The molecule has 0 spiro atoms. The molecule has 0 saturated carbocycles. The van der Waals surface area contributed by atoms with Crippen LogP contribution in [0.2, 0.25) is 0 Å². The normalized spacial score (nSPS) is 11.2. The van der Waals surface area contributed by atoms with Crippen molar-refractivity contribution < 1.29 is 19.4 Å². The molecule has 134 valence electrons. The number of amides is 2. The molecule has 0 aliphatic carbocycles. The Morgan fingerprint density at radius 1 is 1.20 bits per heavy atom. The number of carbonyl (C=O) groups is 2. The van der Waals surface area contributed by atoms with E-state index in [1.54, 1.807) is 45.2 Å². The molecule has 0 radical (unpaired) electrons. The summed E-state index contributed by atoms with van der Waals surface area (Å²) in [5.74, 6) is -0.0894. The fourth-order valence-electron chi connectivity index (χ4n) is 2.25. The van der Waals surface area contributed by atoms with E-state index in [1.165, 1.54) is 0 Å². The number of carbonyl (C=O) groups excluding carboxylic acids is 2. The van der Waals surface area contributed by atoms with Gasteiger partial charge in [0.05, 0.1) is 0 Å². The van der Waals surface area contributed by atoms with Crippen LogP contribution in [0, 0.1) is 0 Å². The highest BCUT2D eigenvalue weighted by molar-refractivity contribution is 5.87. The van der Waals surface area contributed by atoms with Crippen molar-refractivity contribution in [2.24, 2.45) is 0 Å². The Morgan fingerprint density at radius 2 is 1.96 bits per heavy atom. The van der Waals surface area contributed by atoms with Crippen LogP contribution in [0.5, 0.6) is 5.75 Å². The van der Waals surface area contributed by atoms with Gasteiger partial charge in [-0.3, -0.25) is 9.78 Å². The number of nitrogens with zero attached hydrogens (tertiary/aromatic N) is 1. The average molecular weight is 345 g/mol. The Hall–Kier alpha value is -2.83. The molecule has 1 aromatic carbocycles. The van der Waals surface area contributed by atoms with Gasteiger partial charge in [-0.05, 0) is 38.5 Å². The fourth-order valence-corrected chi connectivity index (χ4v) is 2.25. The van der Waals surface area contributed by atoms with Gasteiger partial charge in [0.1, 0.15) is 16.9 Å². The zero-order valence-corrected chi connectivity index (χ0v) is 14.6. The van der Waals surface area contributed by atoms with Gasteiger partial charge in [-0.15, -0.1) is 0 Å². The Labute approximate surface area is 146 Å². The third-order valence-corrected chi connectivity index (χ3v) is 3.33. The van der Waals surface area contributed by atoms with Gasteiger partial charge in [-0.1, -0.05) is 12.1 Å². The summed E-state index contributed by atoms with van der Waals surface area (Å²) in [7, 11) is 0. The molecule has 0 aliphatic rings. The number of phenolic OH excluding ortho intramolecular Hbond substituents is 1. The topological polar surface area (TPSA) is 101 Å². The zero-order chi connectivity index (χ0) is 18.4. The second kappa shape index (κ2) is 7.83. The number of hydrogen-bond acceptors (Lipinski definition) is 5. The number of nitrogens with one attached hydrogen (secondary N) is 2. The number of aromatic hydroxyl groups is 1. The second-order valence-electron chi connectivity index (χ2n) is 6.60. The number of fused-ring (bicyclic) bond motifs is 1. The lowest BCUT2D eigenvalue weighted by Crippen LogP contribution is -2.35. The Kier molecular flexibility index (Phi) is 5.80. The van der Waals surface area contributed by atoms with Gasteiger partial charge in [0, 0.05) is 31.1 Å². The van der Waals surface area contributed by atoms with Gasteiger partial charge in [-0.25, -0.2) is 4.79 Å². The molecule has 0 unspecified atom stereocenters. The molecule has 2 amide bonds. The first-order valence-electron chi connectivity index (χ1n) is 8.05. The number of alkyl carbamates (subject to hydrolysis) is 1. The largest absolute Gasteiger partial charge is 0.506 e. The van der Waals surface area contributed by atoms with Crippen LogP contribution in [0.1, 0.15) is 32.8 Å². The molecule has 0 aliphatic heterocycles. The van der Waals surface area contributed by atoms with Crippen molar-refractivity contribution in [2.75, 3.05) is 6.54 Å². The van der Waals surface area contributed by atoms with E-state index < -0.39 is 11.7 Å². The lowest BCUT2D eigenvalue weighted by Gasteiger charge is -2.19. The van der Waals surface area contributed by atoms with Crippen molar-refractivity contribution >= 4 is 22.9 Å². The average Bonchev–Trinajstić information content (AvgIpc) is 2.53. The number of aromatic nitrogens is 1. The summed E-state index contributed by atoms with van der Waals surface area (Å²) in [6.07, 6.45) is 1.20. The summed E-state index contributed by atoms with van der Waals surface area (Å²) in [6.45, 7) is 5.83. The predicted molar refractivity (Wildman–Crippen MR) is 94.1 cm³/mol. The molecular weight excluding hydrogens is 322 g/mol. The molecule has 0 fully saturated rings. The molecule has 1 aromatic heterocycles. The molecule has 25 heavy (non-hydrogen) atoms. The van der Waals surface area contributed by atoms with Gasteiger partial charge < -0.3 is 20.5 Å². The van der Waals surface area contributed by atoms with Crippen LogP contribution >= 0.6 is 0 Å². The Morgan fingerprint density at radius 3 is 2.68 bits per heavy atom. The van der Waals surface area contributed by atoms with E-state index in [1.807, 2.05) is 6.07 Å². The molecule has 7 nitrogen and oxygen atoms in total. The third-order valence-electron chi connectivity index (χ3n) is 3.33. The van der Waals surface area contributed by atoms with E-state index in [0.717, 1.165) is 10.9 Å². The summed E-state index contributed by atoms with van der Waals surface area (Å²) in [4.78, 5) is 27.6. The molecule has 7 heteroatoms. The highest BCUT2D eigenvalue weighted by Crippen LogP contribution is 2.25. The van der Waals surface area contributed by atoms with E-state index in [-0.39, 0.29) is 24.6 Å². The van der Waals surface area contributed by atoms with Crippen molar-refractivity contribution in [2.45, 2.75) is 39.3 Å². The minimum atomic E-state index is -0.569. The molecule has 0 saturated heterocycles. The fraction of sp³-hybridized carbons (Fsp3) is 0.389. The summed E-state index contributed by atoms with van der Waals surface area (Å²) >= 11 is 0. The number of ether oxygens (including phenoxy) is 1. The number of hydrogen-bond donors (Lipinski definition) is 3. The van der Waals surface area contributed by atoms with Crippen LogP contribution in [-0.2, 0) is 16.1 Å². The summed E-state index contributed by atoms with van der Waals surface area (Å²) in [5, 5.41) is 15.9. The van der Waals surface area contributed by atoms with Gasteiger partial charge >= 0.3 is 6.09 Å². The number of phenols is 1. The van der Waals surface area contributed by atoms with Crippen LogP contribution in [0.4, 0.5) is 4.79 Å². The summed E-state index contributed by atoms with van der Waals surface area (Å²) < 4.78 is 5.10.